The molecule has 0 fully saturated rings. The van der Waals surface area contributed by atoms with Gasteiger partial charge in [0.05, 0.1) is 25.0 Å². The summed E-state index contributed by atoms with van der Waals surface area (Å²) in [6.45, 7) is 3.79. The van der Waals surface area contributed by atoms with Crippen LogP contribution in [0, 0.1) is 0 Å². The average molecular weight is 1130 g/mol. The van der Waals surface area contributed by atoms with Crippen molar-refractivity contribution in [3.63, 3.8) is 0 Å². The highest BCUT2D eigenvalue weighted by atomic mass is 32.2. The number of carbonyl (C=O) groups excluding carboxylic acids is 5. The minimum atomic E-state index is -5.00. The van der Waals surface area contributed by atoms with Crippen LogP contribution in [0.5, 0.6) is 0 Å². The van der Waals surface area contributed by atoms with Crippen LogP contribution in [0.4, 0.5) is 0 Å². The lowest BCUT2D eigenvalue weighted by atomic mass is 9.70. The number of aliphatic hydroxyl groups excluding tert-OH is 2. The maximum atomic E-state index is 14.7. The lowest BCUT2D eigenvalue weighted by Gasteiger charge is -2.39. The number of unbranched alkanes of at least 4 members (excludes halogenated alkanes) is 36. The molecular weight excluding hydrogens is 1020 g/mol. The molecule has 0 aromatic rings. The molecule has 0 saturated carbocycles. The van der Waals surface area contributed by atoms with Crippen molar-refractivity contribution in [1.29, 1.82) is 0 Å². The van der Waals surface area contributed by atoms with Crippen molar-refractivity contribution in [2.24, 2.45) is 0 Å². The summed E-state index contributed by atoms with van der Waals surface area (Å²) in [7, 11) is -5.00. The molecule has 0 heterocycles. The molecule has 0 aliphatic heterocycles. The summed E-state index contributed by atoms with van der Waals surface area (Å²) in [6.07, 6.45) is 37.3. The summed E-state index contributed by atoms with van der Waals surface area (Å²) in [5.41, 5.74) is -7.34. The Morgan fingerprint density at radius 1 is 0.410 bits per heavy atom. The molecule has 0 aliphatic rings. The van der Waals surface area contributed by atoms with E-state index in [9.17, 15) is 67.3 Å². The van der Waals surface area contributed by atoms with E-state index in [1.807, 2.05) is 5.32 Å². The predicted octanol–water partition coefficient (Wildman–Crippen LogP) is 10.5. The smallest absolute Gasteiger partial charge is 0.328 e. The quantitative estimate of drug-likeness (QED) is 0.0155. The molecule has 9 N–H and O–H groups in total. The minimum absolute atomic E-state index is 0.135. The van der Waals surface area contributed by atoms with Crippen molar-refractivity contribution in [1.82, 2.24) is 16.0 Å². The number of hydrogen-bond donors (Lipinski definition) is 9. The second-order valence-electron chi connectivity index (χ2n) is 22.3. The van der Waals surface area contributed by atoms with Crippen molar-refractivity contribution >= 4 is 45.3 Å². The Bertz CT molecular complexity index is 1660. The van der Waals surface area contributed by atoms with Gasteiger partial charge in [0.2, 0.25) is 17.1 Å². The van der Waals surface area contributed by atoms with Gasteiger partial charge in [0, 0.05) is 25.8 Å². The highest BCUT2D eigenvalue weighted by Gasteiger charge is 2.67. The first kappa shape index (κ1) is 75.1. The molecule has 0 bridgehead atoms. The Labute approximate surface area is 471 Å². The molecule has 78 heavy (non-hydrogen) atoms. The molecule has 18 heteroatoms. The lowest BCUT2D eigenvalue weighted by Crippen LogP contribution is -2.74. The fraction of sp³-hybridized carbons (Fsp3) is 0.900. The maximum absolute atomic E-state index is 14.7. The van der Waals surface area contributed by atoms with Gasteiger partial charge in [0.15, 0.2) is 17.3 Å². The van der Waals surface area contributed by atoms with Crippen LogP contribution in [0.3, 0.4) is 0 Å². The number of aliphatic hydroxyl groups is 4. The molecule has 2 amide bonds. The Kier molecular flexibility index (Phi) is 46.0. The van der Waals surface area contributed by atoms with Gasteiger partial charge in [-0.2, -0.15) is 8.42 Å². The number of ketones is 3. The van der Waals surface area contributed by atoms with Gasteiger partial charge in [-0.1, -0.05) is 252 Å². The number of carboxylic acids is 1. The number of carboxylic acid groups (broad SMARTS) is 1. The largest absolute Gasteiger partial charge is 0.480 e. The number of rotatable bonds is 58. The predicted molar refractivity (Wildman–Crippen MR) is 310 cm³/mol. The van der Waals surface area contributed by atoms with Crippen LogP contribution in [0.1, 0.15) is 290 Å². The highest BCUT2D eigenvalue weighted by Crippen LogP contribution is 2.33. The standard InChI is InChI=1S/C60H113N3O14S/c1-4-7-10-13-16-19-22-25-28-31-34-37-40-43-53(66)59(73,54(67)44-41-38-35-32-29-26-23-20-17-14-11-8-5-2)60(74,55(68)45-42-39-36-33-30-27-24-21-18-15-12-9-6-3)58(72)62-50(49-78(75,76)77)46-61-51(47-64)56(69)63-52(48-65)57(70)71/h50-52,61,64-65,73-74H,4-49H2,1-3H3,(H,62,72)(H,63,69)(H,70,71)(H,75,76,77)/t50?,51?,52?,60-/m0/s1. The zero-order valence-electron chi connectivity index (χ0n) is 49.1. The van der Waals surface area contributed by atoms with Gasteiger partial charge in [0.25, 0.3) is 16.0 Å². The fourth-order valence-electron chi connectivity index (χ4n) is 10.2. The summed E-state index contributed by atoms with van der Waals surface area (Å²) < 4.78 is 34.7. The van der Waals surface area contributed by atoms with E-state index in [4.69, 9.17) is 0 Å². The van der Waals surface area contributed by atoms with Crippen molar-refractivity contribution in [2.45, 2.75) is 320 Å². The summed E-state index contributed by atoms with van der Waals surface area (Å²) in [6, 6.07) is -5.28. The van der Waals surface area contributed by atoms with Crippen molar-refractivity contribution in [2.75, 3.05) is 25.5 Å². The van der Waals surface area contributed by atoms with Crippen molar-refractivity contribution in [3.8, 4) is 0 Å². The van der Waals surface area contributed by atoms with E-state index in [2.05, 4.69) is 31.4 Å². The highest BCUT2D eigenvalue weighted by molar-refractivity contribution is 7.85. The minimum Gasteiger partial charge on any atom is -0.480 e. The van der Waals surface area contributed by atoms with Crippen LogP contribution in [-0.2, 0) is 38.9 Å². The first-order valence-electron chi connectivity index (χ1n) is 31.2. The molecule has 0 aliphatic carbocycles. The molecule has 0 aromatic heterocycles. The molecule has 3 unspecified atom stereocenters. The number of amides is 2. The zero-order chi connectivity index (χ0) is 58.3. The van der Waals surface area contributed by atoms with Crippen LogP contribution < -0.4 is 16.0 Å². The number of carbonyl (C=O) groups is 6. The molecule has 0 radical (unpaired) electrons. The molecule has 458 valence electrons. The van der Waals surface area contributed by atoms with Crippen LogP contribution in [0.2, 0.25) is 0 Å². The Balaban J connectivity index is 6.60. The summed E-state index contributed by atoms with van der Waals surface area (Å²) in [5, 5.41) is 60.6. The first-order valence-corrected chi connectivity index (χ1v) is 32.8. The van der Waals surface area contributed by atoms with E-state index in [0.717, 1.165) is 96.3 Å². The van der Waals surface area contributed by atoms with Crippen molar-refractivity contribution < 1.29 is 67.3 Å². The van der Waals surface area contributed by atoms with Crippen LogP contribution in [0.15, 0.2) is 0 Å². The molecule has 0 aromatic carbocycles. The third-order valence-corrected chi connectivity index (χ3v) is 16.1. The van der Waals surface area contributed by atoms with Gasteiger partial charge in [-0.05, 0) is 19.3 Å². The zero-order valence-corrected chi connectivity index (χ0v) is 49.9. The Morgan fingerprint density at radius 3 is 0.936 bits per heavy atom. The topological polar surface area (TPSA) is 294 Å². The molecule has 0 saturated heterocycles. The number of aliphatic carboxylic acids is 1. The van der Waals surface area contributed by atoms with Gasteiger partial charge < -0.3 is 41.5 Å². The third kappa shape index (κ3) is 34.4. The lowest BCUT2D eigenvalue weighted by molar-refractivity contribution is -0.192. The average Bonchev–Trinajstić information content (AvgIpc) is 3.42. The molecular formula is C60H113N3O14S. The maximum Gasteiger partial charge on any atom is 0.328 e. The van der Waals surface area contributed by atoms with Gasteiger partial charge in [-0.3, -0.25) is 28.5 Å². The van der Waals surface area contributed by atoms with Gasteiger partial charge in [-0.15, -0.1) is 0 Å². The van der Waals surface area contributed by atoms with E-state index in [1.54, 1.807) is 0 Å². The van der Waals surface area contributed by atoms with E-state index >= 15 is 0 Å². The van der Waals surface area contributed by atoms with Crippen LogP contribution >= 0.6 is 0 Å². The number of hydrogen-bond acceptors (Lipinski definition) is 13. The Hall–Kier alpha value is -2.87. The van der Waals surface area contributed by atoms with Crippen molar-refractivity contribution in [3.05, 3.63) is 0 Å². The van der Waals surface area contributed by atoms with Gasteiger partial charge in [0.1, 0.15) is 12.1 Å². The first-order chi connectivity index (χ1) is 37.4. The van der Waals surface area contributed by atoms with E-state index in [1.165, 1.54) is 116 Å². The Morgan fingerprint density at radius 2 is 0.679 bits per heavy atom. The fourth-order valence-corrected chi connectivity index (χ4v) is 10.9. The number of nitrogens with one attached hydrogen (secondary N) is 3. The SMILES string of the molecule is CCCCCCCCCCCCCCCC(=O)C(O)(C(=O)CCCCCCCCCCCCCCC)[C@](O)(C(=O)CCCCCCCCCCCCCCC)C(=O)NC(CNC(CO)C(=O)NC(CO)C(=O)O)CS(=O)(=O)O. The molecule has 17 nitrogen and oxygen atoms in total. The number of Topliss-reactive ketones (excluding diaryl/α,β-unsaturated/α-hetero) is 3. The van der Waals surface area contributed by atoms with E-state index in [-0.39, 0.29) is 19.3 Å². The van der Waals surface area contributed by atoms with Crippen LogP contribution in [-0.4, -0.2) is 128 Å². The third-order valence-electron chi connectivity index (χ3n) is 15.2. The van der Waals surface area contributed by atoms with Gasteiger partial charge in [-0.25, -0.2) is 4.79 Å². The van der Waals surface area contributed by atoms with Crippen LogP contribution in [0.25, 0.3) is 0 Å². The monoisotopic (exact) mass is 1130 g/mol. The molecule has 0 rings (SSSR count). The molecule has 4 atom stereocenters. The second-order valence-corrected chi connectivity index (χ2v) is 23.8. The second kappa shape index (κ2) is 47.7. The summed E-state index contributed by atoms with van der Waals surface area (Å²) in [4.78, 5) is 82.7. The molecule has 0 spiro atoms. The summed E-state index contributed by atoms with van der Waals surface area (Å²) in [5.74, 6) is -9.58. The van der Waals surface area contributed by atoms with Gasteiger partial charge >= 0.3 is 5.97 Å². The summed E-state index contributed by atoms with van der Waals surface area (Å²) >= 11 is 0. The normalized spacial score (nSPS) is 13.9. The van der Waals surface area contributed by atoms with E-state index in [0.29, 0.717) is 19.3 Å². The van der Waals surface area contributed by atoms with E-state index < -0.39 is 119 Å².